The largest absolute Gasteiger partial charge is 0.457 e. The monoisotopic (exact) mass is 623 g/mol. The molecular formula is C32H43F2NO9. The predicted molar refractivity (Wildman–Crippen MR) is 152 cm³/mol. The highest BCUT2D eigenvalue weighted by Crippen LogP contribution is 2.72. The van der Waals surface area contributed by atoms with E-state index < -0.39 is 93.9 Å². The summed E-state index contributed by atoms with van der Waals surface area (Å²) in [5, 5.41) is 14.1. The molecule has 5 aliphatic rings. The Bertz CT molecular complexity index is 1320. The van der Waals surface area contributed by atoms with Crippen molar-refractivity contribution in [3.8, 4) is 0 Å². The normalized spacial score (nSPS) is 41.9. The van der Waals surface area contributed by atoms with Gasteiger partial charge in [-0.1, -0.05) is 13.0 Å². The van der Waals surface area contributed by atoms with Gasteiger partial charge in [0.25, 0.3) is 0 Å². The first-order chi connectivity index (χ1) is 20.2. The highest BCUT2D eigenvalue weighted by Gasteiger charge is 2.80. The quantitative estimate of drug-likeness (QED) is 0.423. The number of alkyl halides is 2. The highest BCUT2D eigenvalue weighted by molar-refractivity contribution is 6.01. The van der Waals surface area contributed by atoms with Crippen molar-refractivity contribution in [3.63, 3.8) is 0 Å². The summed E-state index contributed by atoms with van der Waals surface area (Å²) in [4.78, 5) is 50.6. The molecule has 1 aliphatic heterocycles. The molecule has 0 spiro atoms. The number of halogens is 2. The van der Waals surface area contributed by atoms with Crippen LogP contribution >= 0.6 is 0 Å². The van der Waals surface area contributed by atoms with Crippen LogP contribution in [0.4, 0.5) is 13.6 Å². The van der Waals surface area contributed by atoms with Crippen LogP contribution in [0.15, 0.2) is 23.8 Å². The van der Waals surface area contributed by atoms with Gasteiger partial charge in [0.15, 0.2) is 29.4 Å². The van der Waals surface area contributed by atoms with Gasteiger partial charge >= 0.3 is 12.1 Å². The van der Waals surface area contributed by atoms with Gasteiger partial charge in [0.2, 0.25) is 5.78 Å². The summed E-state index contributed by atoms with van der Waals surface area (Å²) in [6.45, 7) is 10.9. The molecule has 1 saturated heterocycles. The van der Waals surface area contributed by atoms with E-state index in [0.717, 1.165) is 6.08 Å². The lowest BCUT2D eigenvalue weighted by molar-refractivity contribution is -0.249. The topological polar surface area (TPSA) is 137 Å². The average Bonchev–Trinajstić information content (AvgIpc) is 3.30. The van der Waals surface area contributed by atoms with Crippen LogP contribution in [0.25, 0.3) is 0 Å². The van der Waals surface area contributed by atoms with Gasteiger partial charge in [0.05, 0.1) is 18.6 Å². The lowest BCUT2D eigenvalue weighted by Crippen LogP contribution is -2.71. The molecule has 2 N–H and O–H groups in total. The number of aliphatic hydroxyl groups excluding tert-OH is 1. The maximum atomic E-state index is 17.5. The van der Waals surface area contributed by atoms with E-state index in [9.17, 15) is 24.3 Å². The first kappa shape index (κ1) is 32.7. The van der Waals surface area contributed by atoms with Crippen LogP contribution in [0.2, 0.25) is 0 Å². The third-order valence-corrected chi connectivity index (χ3v) is 10.4. The number of ether oxygens (including phenoxy) is 4. The Hall–Kier alpha value is -2.70. The Morgan fingerprint density at radius 1 is 1.14 bits per heavy atom. The molecular weight excluding hydrogens is 580 g/mol. The summed E-state index contributed by atoms with van der Waals surface area (Å²) in [5.74, 6) is -4.67. The number of alkyl carbamates (subject to hydrolysis) is 1. The van der Waals surface area contributed by atoms with Gasteiger partial charge in [-0.2, -0.15) is 0 Å². The number of ketones is 2. The van der Waals surface area contributed by atoms with Gasteiger partial charge in [-0.15, -0.1) is 0 Å². The fourth-order valence-electron chi connectivity index (χ4n) is 8.71. The molecule has 1 heterocycles. The molecule has 0 unspecified atom stereocenters. The third kappa shape index (κ3) is 4.83. The smallest absolute Gasteiger partial charge is 0.407 e. The summed E-state index contributed by atoms with van der Waals surface area (Å²) in [7, 11) is 0. The van der Waals surface area contributed by atoms with E-state index in [2.05, 4.69) is 5.32 Å². The van der Waals surface area contributed by atoms with E-state index >= 15 is 8.78 Å². The zero-order valence-electron chi connectivity index (χ0n) is 26.3. The molecule has 44 heavy (non-hydrogen) atoms. The second-order valence-electron chi connectivity index (χ2n) is 14.7. The number of carbonyl (C=O) groups is 4. The number of allylic oxidation sites excluding steroid dienone is 4. The number of rotatable bonds is 6. The van der Waals surface area contributed by atoms with Gasteiger partial charge in [-0.05, 0) is 84.4 Å². The number of aliphatic hydroxyl groups is 1. The van der Waals surface area contributed by atoms with Gasteiger partial charge in [0.1, 0.15) is 11.8 Å². The van der Waals surface area contributed by atoms with E-state index in [1.807, 2.05) is 0 Å². The first-order valence-electron chi connectivity index (χ1n) is 15.2. The fourth-order valence-corrected chi connectivity index (χ4v) is 8.71. The Balaban J connectivity index is 1.38. The number of carbonyl (C=O) groups excluding carboxylic acids is 4. The van der Waals surface area contributed by atoms with E-state index in [-0.39, 0.29) is 37.8 Å². The molecule has 244 valence electrons. The Labute approximate surface area is 255 Å². The van der Waals surface area contributed by atoms with Crippen molar-refractivity contribution >= 4 is 23.6 Å². The number of amides is 1. The zero-order chi connectivity index (χ0) is 32.7. The summed E-state index contributed by atoms with van der Waals surface area (Å²) < 4.78 is 56.3. The lowest BCUT2D eigenvalue weighted by Gasteiger charge is -2.63. The molecule has 10 nitrogen and oxygen atoms in total. The molecule has 5 rings (SSSR count). The van der Waals surface area contributed by atoms with Gasteiger partial charge < -0.3 is 29.4 Å². The Morgan fingerprint density at radius 3 is 2.48 bits per heavy atom. The number of esters is 1. The molecule has 12 heteroatoms. The number of Topliss-reactive ketones (excluding diaryl/α,β-unsaturated/α-hetero) is 1. The SMILES string of the molecule is CC(C)(C)OC(=O)NCCC(=O)OCC(=O)[C@@]12OC(C)(C)O[C@@H]1C[C@H]1[C@@H]3C[C@H](F)C4=CC(=O)C=C[C@]4(C)[C@@]3(F)[C@@H](O)C[C@@]12C. The van der Waals surface area contributed by atoms with Crippen LogP contribution in [-0.2, 0) is 33.3 Å². The van der Waals surface area contributed by atoms with Crippen molar-refractivity contribution in [2.45, 2.75) is 115 Å². The van der Waals surface area contributed by atoms with Crippen LogP contribution < -0.4 is 5.32 Å². The Morgan fingerprint density at radius 2 is 1.82 bits per heavy atom. The average molecular weight is 624 g/mol. The Kier molecular flexibility index (Phi) is 7.74. The summed E-state index contributed by atoms with van der Waals surface area (Å²) in [5.41, 5.74) is -7.51. The molecule has 3 saturated carbocycles. The fraction of sp³-hybridized carbons (Fsp3) is 0.750. The molecule has 0 radical (unpaired) electrons. The van der Waals surface area contributed by atoms with Crippen molar-refractivity contribution in [1.29, 1.82) is 0 Å². The lowest BCUT2D eigenvalue weighted by atomic mass is 9.44. The molecule has 4 aliphatic carbocycles. The van der Waals surface area contributed by atoms with Crippen molar-refractivity contribution in [2.75, 3.05) is 13.2 Å². The van der Waals surface area contributed by atoms with Crippen molar-refractivity contribution in [3.05, 3.63) is 23.8 Å². The number of hydrogen-bond donors (Lipinski definition) is 2. The molecule has 9 atom stereocenters. The second-order valence-corrected chi connectivity index (χ2v) is 14.7. The molecule has 0 aromatic rings. The standard InChI is InChI=1S/C32H43F2NO9/c1-27(2,3)43-26(40)35-11-9-25(39)41-16-23(38)32-24(42-28(4,5)44-32)14-18-19-13-21(33)20-12-17(36)8-10-29(20,6)31(19,34)22(37)15-30(18,32)7/h8,10,12,18-19,21-22,24,37H,9,11,13-16H2,1-7H3,(H,35,40)/t18-,19-,21-,22-,24+,29-,30-,31-,32+/m0/s1. The summed E-state index contributed by atoms with van der Waals surface area (Å²) in [6, 6.07) is 0. The summed E-state index contributed by atoms with van der Waals surface area (Å²) in [6.07, 6.45) is -1.68. The van der Waals surface area contributed by atoms with Crippen molar-refractivity contribution in [1.82, 2.24) is 5.32 Å². The number of hydrogen-bond acceptors (Lipinski definition) is 9. The molecule has 0 bridgehead atoms. The predicted octanol–water partition coefficient (Wildman–Crippen LogP) is 3.83. The summed E-state index contributed by atoms with van der Waals surface area (Å²) >= 11 is 0. The minimum absolute atomic E-state index is 0.0112. The molecule has 0 aromatic heterocycles. The van der Waals surface area contributed by atoms with E-state index in [1.165, 1.54) is 19.1 Å². The molecule has 4 fully saturated rings. The number of fused-ring (bicyclic) bond motifs is 7. The van der Waals surface area contributed by atoms with Crippen molar-refractivity contribution < 1.29 is 52.0 Å². The molecule has 0 aromatic carbocycles. The third-order valence-electron chi connectivity index (χ3n) is 10.4. The van der Waals surface area contributed by atoms with Crippen molar-refractivity contribution in [2.24, 2.45) is 22.7 Å². The highest BCUT2D eigenvalue weighted by atomic mass is 19.1. The zero-order valence-corrected chi connectivity index (χ0v) is 26.3. The minimum atomic E-state index is -2.32. The second kappa shape index (κ2) is 10.4. The maximum absolute atomic E-state index is 17.5. The van der Waals surface area contributed by atoms with Crippen LogP contribution in [-0.4, -0.2) is 82.9 Å². The van der Waals surface area contributed by atoms with Gasteiger partial charge in [-0.3, -0.25) is 14.4 Å². The molecule has 1 amide bonds. The minimum Gasteiger partial charge on any atom is -0.457 e. The van der Waals surface area contributed by atoms with E-state index in [4.69, 9.17) is 18.9 Å². The van der Waals surface area contributed by atoms with Crippen LogP contribution in [0.3, 0.4) is 0 Å². The maximum Gasteiger partial charge on any atom is 0.407 e. The van der Waals surface area contributed by atoms with Crippen LogP contribution in [0.5, 0.6) is 0 Å². The first-order valence-corrected chi connectivity index (χ1v) is 15.2. The van der Waals surface area contributed by atoms with Crippen LogP contribution in [0.1, 0.15) is 74.1 Å². The van der Waals surface area contributed by atoms with Gasteiger partial charge in [-0.25, -0.2) is 13.6 Å². The van der Waals surface area contributed by atoms with Gasteiger partial charge in [0, 0.05) is 23.3 Å². The number of nitrogens with one attached hydrogen (secondary N) is 1. The van der Waals surface area contributed by atoms with E-state index in [0.29, 0.717) is 0 Å². The van der Waals surface area contributed by atoms with Crippen LogP contribution in [0, 0.1) is 22.7 Å². The van der Waals surface area contributed by atoms with E-state index in [1.54, 1.807) is 41.5 Å².